The van der Waals surface area contributed by atoms with Crippen molar-refractivity contribution in [3.05, 3.63) is 17.7 Å². The molecule has 1 aromatic rings. The summed E-state index contributed by atoms with van der Waals surface area (Å²) in [4.78, 5) is 11.6. The summed E-state index contributed by atoms with van der Waals surface area (Å²) in [5, 5.41) is 0. The molecule has 6 heteroatoms. The van der Waals surface area contributed by atoms with Crippen LogP contribution in [0.15, 0.2) is 12.1 Å². The average Bonchev–Trinajstić information content (AvgIpc) is 2.86. The molecule has 20 heavy (non-hydrogen) atoms. The molecule has 1 aliphatic rings. The van der Waals surface area contributed by atoms with Crippen molar-refractivity contribution >= 4 is 28.6 Å². The molecule has 5 nitrogen and oxygen atoms in total. The van der Waals surface area contributed by atoms with Gasteiger partial charge in [-0.1, -0.05) is 22.6 Å². The second-order valence-electron chi connectivity index (χ2n) is 4.44. The number of carbonyl (C=O) groups is 1. The highest BCUT2D eigenvalue weighted by molar-refractivity contribution is 14.1. The molecule has 0 N–H and O–H groups in total. The van der Waals surface area contributed by atoms with E-state index < -0.39 is 0 Å². The fourth-order valence-corrected chi connectivity index (χ4v) is 3.23. The predicted octanol–water partition coefficient (Wildman–Crippen LogP) is 2.55. The van der Waals surface area contributed by atoms with Crippen LogP contribution >= 0.6 is 22.6 Å². The van der Waals surface area contributed by atoms with Crippen LogP contribution in [0.1, 0.15) is 17.9 Å². The average molecular weight is 392 g/mol. The van der Waals surface area contributed by atoms with E-state index in [-0.39, 0.29) is 18.0 Å². The summed E-state index contributed by atoms with van der Waals surface area (Å²) in [5.74, 6) is 1.71. The fraction of sp³-hybridized carbons (Fsp3) is 0.500. The van der Waals surface area contributed by atoms with Gasteiger partial charge < -0.3 is 18.9 Å². The largest absolute Gasteiger partial charge is 0.496 e. The highest BCUT2D eigenvalue weighted by Gasteiger charge is 2.38. The van der Waals surface area contributed by atoms with Gasteiger partial charge in [0.15, 0.2) is 0 Å². The van der Waals surface area contributed by atoms with Crippen LogP contribution < -0.4 is 14.2 Å². The number of alkyl halides is 1. The fourth-order valence-electron chi connectivity index (χ4n) is 2.44. The Morgan fingerprint density at radius 1 is 1.20 bits per heavy atom. The van der Waals surface area contributed by atoms with Crippen molar-refractivity contribution in [1.29, 1.82) is 0 Å². The summed E-state index contributed by atoms with van der Waals surface area (Å²) >= 11 is 2.22. The van der Waals surface area contributed by atoms with E-state index in [0.717, 1.165) is 9.99 Å². The molecule has 0 saturated carbocycles. The molecule has 0 unspecified atom stereocenters. The van der Waals surface area contributed by atoms with E-state index in [2.05, 4.69) is 22.6 Å². The summed E-state index contributed by atoms with van der Waals surface area (Å²) < 4.78 is 22.2. The lowest BCUT2D eigenvalue weighted by atomic mass is 9.91. The third kappa shape index (κ3) is 2.79. The van der Waals surface area contributed by atoms with Gasteiger partial charge in [-0.15, -0.1) is 0 Å². The molecule has 0 spiro atoms. The standard InChI is InChI=1S/C14H17IO5/c1-17-8-4-10(18-2)14(11(5-8)19-3)9-6-13(16)20-12(9)7-15/h4-5,9,12H,6-7H2,1-3H3/t9-,12+/m0/s1. The monoisotopic (exact) mass is 392 g/mol. The molecule has 1 fully saturated rings. The van der Waals surface area contributed by atoms with Crippen molar-refractivity contribution in [1.82, 2.24) is 0 Å². The first kappa shape index (κ1) is 15.2. The molecule has 2 atom stereocenters. The van der Waals surface area contributed by atoms with Gasteiger partial charge in [-0.05, 0) is 0 Å². The van der Waals surface area contributed by atoms with Crippen molar-refractivity contribution in [2.75, 3.05) is 25.8 Å². The highest BCUT2D eigenvalue weighted by atomic mass is 127. The third-order valence-electron chi connectivity index (χ3n) is 3.39. The molecule has 1 aromatic carbocycles. The van der Waals surface area contributed by atoms with Crippen LogP contribution in [0.4, 0.5) is 0 Å². The van der Waals surface area contributed by atoms with Crippen molar-refractivity contribution in [2.24, 2.45) is 0 Å². The van der Waals surface area contributed by atoms with Crippen molar-refractivity contribution in [2.45, 2.75) is 18.4 Å². The van der Waals surface area contributed by atoms with Gasteiger partial charge in [0, 0.05) is 28.0 Å². The lowest BCUT2D eigenvalue weighted by Crippen LogP contribution is -2.17. The molecule has 1 aliphatic heterocycles. The van der Waals surface area contributed by atoms with Gasteiger partial charge in [-0.25, -0.2) is 0 Å². The van der Waals surface area contributed by atoms with Crippen LogP contribution in [0.3, 0.4) is 0 Å². The predicted molar refractivity (Wildman–Crippen MR) is 82.2 cm³/mol. The minimum Gasteiger partial charge on any atom is -0.496 e. The third-order valence-corrected chi connectivity index (χ3v) is 4.26. The normalized spacial score (nSPS) is 21.5. The Labute approximate surface area is 131 Å². The minimum atomic E-state index is -0.184. The summed E-state index contributed by atoms with van der Waals surface area (Å²) in [6.07, 6.45) is 0.187. The van der Waals surface area contributed by atoms with Gasteiger partial charge in [0.05, 0.1) is 27.8 Å². The summed E-state index contributed by atoms with van der Waals surface area (Å²) in [6.45, 7) is 0. The number of hydrogen-bond donors (Lipinski definition) is 0. The molecule has 110 valence electrons. The van der Waals surface area contributed by atoms with Gasteiger partial charge in [-0.3, -0.25) is 4.79 Å². The number of carbonyl (C=O) groups excluding carboxylic acids is 1. The summed E-state index contributed by atoms with van der Waals surface area (Å²) in [7, 11) is 4.77. The van der Waals surface area contributed by atoms with Crippen LogP contribution in [0, 0.1) is 0 Å². The molecule has 0 radical (unpaired) electrons. The first-order chi connectivity index (χ1) is 9.64. The van der Waals surface area contributed by atoms with E-state index in [4.69, 9.17) is 18.9 Å². The maximum atomic E-state index is 11.6. The van der Waals surface area contributed by atoms with Crippen LogP contribution in [0.2, 0.25) is 0 Å². The number of hydrogen-bond acceptors (Lipinski definition) is 5. The SMILES string of the molecule is COc1cc(OC)c([C@H]2CC(=O)O[C@@H]2CI)c(OC)c1. The highest BCUT2D eigenvalue weighted by Crippen LogP contribution is 2.45. The number of benzene rings is 1. The Morgan fingerprint density at radius 3 is 2.25 bits per heavy atom. The van der Waals surface area contributed by atoms with Crippen molar-refractivity contribution < 1.29 is 23.7 Å². The van der Waals surface area contributed by atoms with Crippen molar-refractivity contribution in [3.63, 3.8) is 0 Å². The van der Waals surface area contributed by atoms with E-state index in [9.17, 15) is 4.79 Å². The second kappa shape index (κ2) is 6.51. The lowest BCUT2D eigenvalue weighted by molar-refractivity contribution is -0.140. The second-order valence-corrected chi connectivity index (χ2v) is 5.32. The Bertz CT molecular complexity index is 477. The number of cyclic esters (lactones) is 1. The Balaban J connectivity index is 2.51. The summed E-state index contributed by atoms with van der Waals surface area (Å²) in [6, 6.07) is 3.59. The maximum Gasteiger partial charge on any atom is 0.306 e. The number of methoxy groups -OCH3 is 3. The van der Waals surface area contributed by atoms with Gasteiger partial charge >= 0.3 is 5.97 Å². The van der Waals surface area contributed by atoms with Gasteiger partial charge in [0.1, 0.15) is 23.4 Å². The maximum absolute atomic E-state index is 11.6. The number of halogens is 1. The van der Waals surface area contributed by atoms with Crippen molar-refractivity contribution in [3.8, 4) is 17.2 Å². The zero-order valence-corrected chi connectivity index (χ0v) is 13.8. The zero-order valence-electron chi connectivity index (χ0n) is 11.6. The quantitative estimate of drug-likeness (QED) is 0.438. The summed E-state index contributed by atoms with van der Waals surface area (Å²) in [5.41, 5.74) is 0.864. The van der Waals surface area contributed by atoms with E-state index >= 15 is 0 Å². The molecule has 1 saturated heterocycles. The van der Waals surface area contributed by atoms with E-state index in [0.29, 0.717) is 23.7 Å². The van der Waals surface area contributed by atoms with Gasteiger partial charge in [0.2, 0.25) is 0 Å². The Hall–Kier alpha value is -1.18. The van der Waals surface area contributed by atoms with Crippen LogP contribution in [-0.4, -0.2) is 37.8 Å². The minimum absolute atomic E-state index is 0.0600. The molecule has 0 amide bonds. The van der Waals surface area contributed by atoms with Gasteiger partial charge in [-0.2, -0.15) is 0 Å². The van der Waals surface area contributed by atoms with E-state index in [1.54, 1.807) is 33.5 Å². The first-order valence-electron chi connectivity index (χ1n) is 6.20. The first-order valence-corrected chi connectivity index (χ1v) is 7.72. The lowest BCUT2D eigenvalue weighted by Gasteiger charge is -2.21. The topological polar surface area (TPSA) is 54.0 Å². The van der Waals surface area contributed by atoms with Crippen LogP contribution in [0.5, 0.6) is 17.2 Å². The van der Waals surface area contributed by atoms with Crippen LogP contribution in [-0.2, 0) is 9.53 Å². The zero-order chi connectivity index (χ0) is 14.7. The van der Waals surface area contributed by atoms with Crippen LogP contribution in [0.25, 0.3) is 0 Å². The molecule has 0 aromatic heterocycles. The molecular formula is C14H17IO5. The number of ether oxygens (including phenoxy) is 4. The smallest absolute Gasteiger partial charge is 0.306 e. The van der Waals surface area contributed by atoms with E-state index in [1.807, 2.05) is 0 Å². The van der Waals surface area contributed by atoms with Gasteiger partial charge in [0.25, 0.3) is 0 Å². The molecule has 2 rings (SSSR count). The Morgan fingerprint density at radius 2 is 1.80 bits per heavy atom. The van der Waals surface area contributed by atoms with E-state index in [1.165, 1.54) is 0 Å². The number of rotatable bonds is 5. The molecule has 0 bridgehead atoms. The molecule has 0 aliphatic carbocycles. The molecule has 1 heterocycles. The number of esters is 1. The molecular weight excluding hydrogens is 375 g/mol. The Kier molecular flexibility index (Phi) is 4.95.